The molecule has 152 valence electrons. The van der Waals surface area contributed by atoms with Gasteiger partial charge in [-0.3, -0.25) is 0 Å². The molecule has 0 unspecified atom stereocenters. The Hall–Kier alpha value is -3.17. The van der Waals surface area contributed by atoms with Crippen LogP contribution >= 0.6 is 0 Å². The number of fused-ring (bicyclic) bond motifs is 1. The van der Waals surface area contributed by atoms with Gasteiger partial charge in [-0.2, -0.15) is 0 Å². The molecule has 3 aromatic rings. The minimum absolute atomic E-state index is 0.0197. The molecule has 0 spiro atoms. The number of aromatic hydroxyl groups is 1. The molecule has 0 atom stereocenters. The Bertz CT molecular complexity index is 1260. The van der Waals surface area contributed by atoms with E-state index in [1.165, 1.54) is 50.5 Å². The monoisotopic (exact) mass is 417 g/mol. The lowest BCUT2D eigenvalue weighted by atomic mass is 10.1. The third-order valence-electron chi connectivity index (χ3n) is 4.43. The van der Waals surface area contributed by atoms with Crippen LogP contribution in [0.3, 0.4) is 0 Å². The summed E-state index contributed by atoms with van der Waals surface area (Å²) in [5.41, 5.74) is 0.437. The van der Waals surface area contributed by atoms with Crippen LogP contribution in [-0.4, -0.2) is 37.9 Å². The van der Waals surface area contributed by atoms with E-state index in [1.807, 2.05) is 0 Å². The molecule has 9 heteroatoms. The van der Waals surface area contributed by atoms with Crippen molar-refractivity contribution in [2.75, 3.05) is 14.1 Å². The molecule has 29 heavy (non-hydrogen) atoms. The van der Waals surface area contributed by atoms with Crippen LogP contribution in [0.25, 0.3) is 11.0 Å². The number of hydrogen-bond donors (Lipinski definition) is 1. The molecule has 8 nitrogen and oxygen atoms in total. The van der Waals surface area contributed by atoms with E-state index < -0.39 is 21.6 Å². The van der Waals surface area contributed by atoms with Crippen LogP contribution in [0.2, 0.25) is 0 Å². The number of rotatable bonds is 5. The number of phenolic OH excluding ortho intramolecular Hbond substituents is 1. The van der Waals surface area contributed by atoms with Crippen LogP contribution in [0, 0.1) is 6.92 Å². The largest absolute Gasteiger partial charge is 0.508 e. The standard InChI is InChI=1S/C20H19NO7S/c1-12-17(22)8-7-16-14(10-18(23)28-19(12)16)11-27-20(24)13-5-4-6-15(9-13)29(25,26)21(2)3/h4-10,22H,11H2,1-3H3. The van der Waals surface area contributed by atoms with Gasteiger partial charge < -0.3 is 14.3 Å². The van der Waals surface area contributed by atoms with E-state index in [0.29, 0.717) is 16.5 Å². The number of hydrogen-bond acceptors (Lipinski definition) is 7. The first-order valence-electron chi connectivity index (χ1n) is 8.56. The first kappa shape index (κ1) is 20.6. The van der Waals surface area contributed by atoms with Crippen LogP contribution in [0.5, 0.6) is 5.75 Å². The third-order valence-corrected chi connectivity index (χ3v) is 6.24. The Kier molecular flexibility index (Phi) is 5.45. The Morgan fingerprint density at radius 2 is 1.90 bits per heavy atom. The fraction of sp³-hybridized carbons (Fsp3) is 0.200. The summed E-state index contributed by atoms with van der Waals surface area (Å²) in [5.74, 6) is -0.758. The van der Waals surface area contributed by atoms with E-state index >= 15 is 0 Å². The molecular formula is C20H19NO7S. The Morgan fingerprint density at radius 3 is 2.59 bits per heavy atom. The number of phenols is 1. The lowest BCUT2D eigenvalue weighted by Gasteiger charge is -2.12. The van der Waals surface area contributed by atoms with Crippen molar-refractivity contribution in [1.82, 2.24) is 4.31 Å². The Labute approximate surface area is 167 Å². The molecule has 0 amide bonds. The maximum atomic E-state index is 12.4. The summed E-state index contributed by atoms with van der Waals surface area (Å²) < 4.78 is 36.0. The van der Waals surface area contributed by atoms with Gasteiger partial charge in [-0.1, -0.05) is 6.07 Å². The molecule has 0 fully saturated rings. The van der Waals surface area contributed by atoms with Crippen molar-refractivity contribution in [3.8, 4) is 5.75 Å². The molecule has 0 radical (unpaired) electrons. The van der Waals surface area contributed by atoms with E-state index in [9.17, 15) is 23.1 Å². The fourth-order valence-corrected chi connectivity index (χ4v) is 3.70. The lowest BCUT2D eigenvalue weighted by molar-refractivity contribution is 0.0473. The number of esters is 1. The molecule has 0 saturated heterocycles. The molecule has 3 rings (SSSR count). The van der Waals surface area contributed by atoms with Crippen LogP contribution in [0.15, 0.2) is 56.6 Å². The van der Waals surface area contributed by atoms with Gasteiger partial charge in [0.05, 0.1) is 10.5 Å². The van der Waals surface area contributed by atoms with Crippen molar-refractivity contribution in [3.63, 3.8) is 0 Å². The van der Waals surface area contributed by atoms with Gasteiger partial charge in [0.15, 0.2) is 0 Å². The van der Waals surface area contributed by atoms with Crippen LogP contribution in [0.4, 0.5) is 0 Å². The van der Waals surface area contributed by atoms with Crippen molar-refractivity contribution in [2.45, 2.75) is 18.4 Å². The molecule has 1 aromatic heterocycles. The van der Waals surface area contributed by atoms with Crippen molar-refractivity contribution in [2.24, 2.45) is 0 Å². The highest BCUT2D eigenvalue weighted by molar-refractivity contribution is 7.89. The van der Waals surface area contributed by atoms with Gasteiger partial charge in [-0.05, 0) is 37.3 Å². The van der Waals surface area contributed by atoms with Gasteiger partial charge in [0.2, 0.25) is 10.0 Å². The first-order valence-corrected chi connectivity index (χ1v) is 10.0. The number of carbonyl (C=O) groups excluding carboxylic acids is 1. The van der Waals surface area contributed by atoms with Crippen molar-refractivity contribution in [1.29, 1.82) is 0 Å². The van der Waals surface area contributed by atoms with E-state index in [4.69, 9.17) is 9.15 Å². The topological polar surface area (TPSA) is 114 Å². The molecule has 0 aliphatic carbocycles. The minimum atomic E-state index is -3.70. The second kappa shape index (κ2) is 7.69. The first-order chi connectivity index (χ1) is 13.6. The second-order valence-corrected chi connectivity index (χ2v) is 8.72. The number of nitrogens with zero attached hydrogens (tertiary/aromatic N) is 1. The number of benzene rings is 2. The maximum Gasteiger partial charge on any atom is 0.338 e. The molecule has 0 aliphatic rings. The quantitative estimate of drug-likeness (QED) is 0.501. The molecule has 1 heterocycles. The van der Waals surface area contributed by atoms with Crippen LogP contribution in [0.1, 0.15) is 21.5 Å². The zero-order valence-corrected chi connectivity index (χ0v) is 16.8. The molecule has 1 N–H and O–H groups in total. The number of sulfonamides is 1. The van der Waals surface area contributed by atoms with Gasteiger partial charge >= 0.3 is 11.6 Å². The highest BCUT2D eigenvalue weighted by Crippen LogP contribution is 2.27. The summed E-state index contributed by atoms with van der Waals surface area (Å²) in [6.45, 7) is 1.38. The van der Waals surface area contributed by atoms with E-state index in [-0.39, 0.29) is 28.4 Å². The second-order valence-electron chi connectivity index (χ2n) is 6.57. The van der Waals surface area contributed by atoms with Crippen LogP contribution in [-0.2, 0) is 21.4 Å². The molecule has 2 aromatic carbocycles. The van der Waals surface area contributed by atoms with Gasteiger partial charge in [0, 0.05) is 36.7 Å². The van der Waals surface area contributed by atoms with Gasteiger partial charge in [0.1, 0.15) is 17.9 Å². The van der Waals surface area contributed by atoms with Crippen molar-refractivity contribution >= 4 is 27.0 Å². The normalized spacial score (nSPS) is 11.7. The molecule has 0 saturated carbocycles. The third kappa shape index (κ3) is 4.01. The predicted octanol–water partition coefficient (Wildman–Crippen LogP) is 2.41. The average Bonchev–Trinajstić information content (AvgIpc) is 2.69. The van der Waals surface area contributed by atoms with Crippen LogP contribution < -0.4 is 5.63 Å². The number of ether oxygens (including phenoxy) is 1. The Balaban J connectivity index is 1.89. The zero-order valence-electron chi connectivity index (χ0n) is 16.0. The van der Waals surface area contributed by atoms with E-state index in [1.54, 1.807) is 13.0 Å². The summed E-state index contributed by atoms with van der Waals surface area (Å²) in [6.07, 6.45) is 0. The Morgan fingerprint density at radius 1 is 1.17 bits per heavy atom. The summed E-state index contributed by atoms with van der Waals surface area (Å²) in [5, 5.41) is 10.3. The highest BCUT2D eigenvalue weighted by Gasteiger charge is 2.19. The predicted molar refractivity (Wildman–Crippen MR) is 105 cm³/mol. The summed E-state index contributed by atoms with van der Waals surface area (Å²) in [4.78, 5) is 24.2. The van der Waals surface area contributed by atoms with Gasteiger partial charge in [-0.15, -0.1) is 0 Å². The number of aryl methyl sites for hydroxylation is 1. The number of carbonyl (C=O) groups is 1. The molecular weight excluding hydrogens is 398 g/mol. The zero-order chi connectivity index (χ0) is 21.3. The van der Waals surface area contributed by atoms with Gasteiger partial charge in [-0.25, -0.2) is 22.3 Å². The van der Waals surface area contributed by atoms with Gasteiger partial charge in [0.25, 0.3) is 0 Å². The highest BCUT2D eigenvalue weighted by atomic mass is 32.2. The summed E-state index contributed by atoms with van der Waals surface area (Å²) in [6, 6.07) is 9.74. The van der Waals surface area contributed by atoms with E-state index in [2.05, 4.69) is 0 Å². The average molecular weight is 417 g/mol. The molecule has 0 bridgehead atoms. The van der Waals surface area contributed by atoms with Crippen molar-refractivity contribution < 1.29 is 27.5 Å². The minimum Gasteiger partial charge on any atom is -0.508 e. The smallest absolute Gasteiger partial charge is 0.338 e. The fourth-order valence-electron chi connectivity index (χ4n) is 2.76. The lowest BCUT2D eigenvalue weighted by Crippen LogP contribution is -2.22. The maximum absolute atomic E-state index is 12.4. The summed E-state index contributed by atoms with van der Waals surface area (Å²) in [7, 11) is -0.905. The molecule has 0 aliphatic heterocycles. The van der Waals surface area contributed by atoms with E-state index in [0.717, 1.165) is 4.31 Å². The summed E-state index contributed by atoms with van der Waals surface area (Å²) >= 11 is 0. The van der Waals surface area contributed by atoms with Crippen molar-refractivity contribution in [3.05, 3.63) is 69.6 Å². The SMILES string of the molecule is Cc1c(O)ccc2c(COC(=O)c3cccc(S(=O)(=O)N(C)C)c3)cc(=O)oc12.